The highest BCUT2D eigenvalue weighted by atomic mass is 16.4. The van der Waals surface area contributed by atoms with Crippen LogP contribution in [0.5, 0.6) is 0 Å². The van der Waals surface area contributed by atoms with Crippen LogP contribution in [-0.2, 0) is 4.79 Å². The van der Waals surface area contributed by atoms with Gasteiger partial charge in [0.2, 0.25) is 0 Å². The molecule has 5 rings (SSSR count). The molecule has 4 heteroatoms. The van der Waals surface area contributed by atoms with Crippen LogP contribution in [0.4, 0.5) is 0 Å². The van der Waals surface area contributed by atoms with E-state index in [1.165, 1.54) is 11.1 Å². The molecule has 34 heavy (non-hydrogen) atoms. The summed E-state index contributed by atoms with van der Waals surface area (Å²) in [6, 6.07) is 0. The second-order valence-electron chi connectivity index (χ2n) is 14.5. The van der Waals surface area contributed by atoms with E-state index in [4.69, 9.17) is 0 Å². The fourth-order valence-corrected chi connectivity index (χ4v) is 9.98. The number of carboxylic acid groups (broad SMARTS) is 1. The molecule has 0 heterocycles. The number of carbonyl (C=O) groups is 1. The molecule has 190 valence electrons. The predicted octanol–water partition coefficient (Wildman–Crippen LogP) is 6.13. The van der Waals surface area contributed by atoms with Crippen molar-refractivity contribution in [2.75, 3.05) is 6.61 Å². The second-order valence-corrected chi connectivity index (χ2v) is 14.5. The zero-order valence-electron chi connectivity index (χ0n) is 22.2. The Bertz CT molecular complexity index is 963. The summed E-state index contributed by atoms with van der Waals surface area (Å²) < 4.78 is 0. The van der Waals surface area contributed by atoms with Crippen molar-refractivity contribution < 1.29 is 20.1 Å². The van der Waals surface area contributed by atoms with Gasteiger partial charge in [0, 0.05) is 5.41 Å². The Kier molecular flexibility index (Phi) is 5.21. The number of fused-ring (bicyclic) bond motifs is 6. The van der Waals surface area contributed by atoms with Crippen molar-refractivity contribution >= 4 is 5.97 Å². The first-order chi connectivity index (χ1) is 15.7. The highest BCUT2D eigenvalue weighted by Crippen LogP contribution is 2.74. The summed E-state index contributed by atoms with van der Waals surface area (Å²) in [5, 5.41) is 31.8. The Hall–Kier alpha value is -1.13. The average Bonchev–Trinajstić information content (AvgIpc) is 2.76. The molecule has 0 bridgehead atoms. The van der Waals surface area contributed by atoms with Gasteiger partial charge < -0.3 is 15.3 Å². The number of allylic oxidation sites excluding steroid dienone is 3. The van der Waals surface area contributed by atoms with Gasteiger partial charge in [0.05, 0.1) is 18.1 Å². The molecule has 0 aliphatic heterocycles. The summed E-state index contributed by atoms with van der Waals surface area (Å²) in [5.74, 6) is 0.0221. The zero-order valence-corrected chi connectivity index (χ0v) is 22.2. The molecule has 0 aromatic heterocycles. The fourth-order valence-electron chi connectivity index (χ4n) is 9.98. The SMILES string of the molecule is CC1(C)CC[C@]2(C(=O)O)CC[C@]3(C)C(=C2C1)C=C[C@@H]1[C@@]2(C)CC[C@@H](O)[C@@](C)(CO)[C@@H]2CC[C@]13C. The minimum Gasteiger partial charge on any atom is -0.481 e. The second kappa shape index (κ2) is 7.22. The predicted molar refractivity (Wildman–Crippen MR) is 134 cm³/mol. The molecule has 8 atom stereocenters. The third kappa shape index (κ3) is 2.82. The first-order valence-corrected chi connectivity index (χ1v) is 13.6. The molecule has 5 aliphatic rings. The van der Waals surface area contributed by atoms with E-state index >= 15 is 0 Å². The van der Waals surface area contributed by atoms with Crippen LogP contribution < -0.4 is 0 Å². The molecule has 0 radical (unpaired) electrons. The molecule has 0 aromatic rings. The standard InChI is InChI=1S/C30H46O4/c1-25(2)13-15-30(24(33)34)16-14-28(5)19(20(30)17-25)7-8-22-26(3)11-10-23(32)27(4,18-31)21(26)9-12-29(22,28)6/h7-8,21-23,31-32H,9-18H2,1-6H3,(H,33,34)/t21-,22-,23-,26+,27+,28-,29-,30+/m1/s1. The first kappa shape index (κ1) is 24.6. The minimum atomic E-state index is -0.691. The van der Waals surface area contributed by atoms with Crippen LogP contribution in [0.2, 0.25) is 0 Å². The Balaban J connectivity index is 1.67. The van der Waals surface area contributed by atoms with Crippen LogP contribution in [-0.4, -0.2) is 34.0 Å². The average molecular weight is 471 g/mol. The van der Waals surface area contributed by atoms with Crippen molar-refractivity contribution in [3.05, 3.63) is 23.3 Å². The van der Waals surface area contributed by atoms with E-state index in [-0.39, 0.29) is 34.2 Å². The lowest BCUT2D eigenvalue weighted by Gasteiger charge is -2.69. The number of aliphatic carboxylic acids is 1. The van der Waals surface area contributed by atoms with Gasteiger partial charge in [0.25, 0.3) is 0 Å². The Morgan fingerprint density at radius 1 is 0.971 bits per heavy atom. The molecule has 5 aliphatic carbocycles. The number of carboxylic acids is 1. The molecule has 3 N–H and O–H groups in total. The van der Waals surface area contributed by atoms with Crippen molar-refractivity contribution in [3.8, 4) is 0 Å². The van der Waals surface area contributed by atoms with E-state index in [2.05, 4.69) is 53.7 Å². The maximum absolute atomic E-state index is 12.7. The maximum atomic E-state index is 12.7. The van der Waals surface area contributed by atoms with Gasteiger partial charge in [0.15, 0.2) is 0 Å². The van der Waals surface area contributed by atoms with Crippen LogP contribution in [0, 0.1) is 44.3 Å². The first-order valence-electron chi connectivity index (χ1n) is 13.6. The maximum Gasteiger partial charge on any atom is 0.313 e. The molecule has 0 saturated heterocycles. The van der Waals surface area contributed by atoms with Gasteiger partial charge in [-0.15, -0.1) is 0 Å². The summed E-state index contributed by atoms with van der Waals surface area (Å²) >= 11 is 0. The lowest BCUT2D eigenvalue weighted by molar-refractivity contribution is -0.198. The van der Waals surface area contributed by atoms with Crippen molar-refractivity contribution in [1.82, 2.24) is 0 Å². The van der Waals surface area contributed by atoms with Gasteiger partial charge in [-0.1, -0.05) is 53.7 Å². The Morgan fingerprint density at radius 2 is 1.65 bits per heavy atom. The molecule has 0 spiro atoms. The molecule has 3 fully saturated rings. The third-order valence-corrected chi connectivity index (χ3v) is 12.6. The van der Waals surface area contributed by atoms with Gasteiger partial charge in [0.1, 0.15) is 0 Å². The van der Waals surface area contributed by atoms with E-state index in [0.29, 0.717) is 5.92 Å². The van der Waals surface area contributed by atoms with Gasteiger partial charge in [-0.3, -0.25) is 4.79 Å². The molecular weight excluding hydrogens is 424 g/mol. The van der Waals surface area contributed by atoms with Crippen molar-refractivity contribution in [3.63, 3.8) is 0 Å². The number of rotatable bonds is 2. The van der Waals surface area contributed by atoms with Crippen LogP contribution >= 0.6 is 0 Å². The summed E-state index contributed by atoms with van der Waals surface area (Å²) in [7, 11) is 0. The normalized spacial score (nSPS) is 51.7. The lowest BCUT2D eigenvalue weighted by atomic mass is 9.35. The fraction of sp³-hybridized carbons (Fsp3) is 0.833. The van der Waals surface area contributed by atoms with E-state index < -0.39 is 22.9 Å². The molecule has 0 amide bonds. The Labute approximate surface area is 205 Å². The lowest BCUT2D eigenvalue weighted by Crippen LogP contribution is -2.64. The number of aliphatic hydroxyl groups is 2. The smallest absolute Gasteiger partial charge is 0.313 e. The van der Waals surface area contributed by atoms with Crippen LogP contribution in [0.3, 0.4) is 0 Å². The van der Waals surface area contributed by atoms with E-state index in [0.717, 1.165) is 57.8 Å². The van der Waals surface area contributed by atoms with E-state index in [1.54, 1.807) is 0 Å². The number of hydrogen-bond acceptors (Lipinski definition) is 3. The molecular formula is C30H46O4. The van der Waals surface area contributed by atoms with Crippen LogP contribution in [0.1, 0.15) is 99.3 Å². The van der Waals surface area contributed by atoms with Crippen LogP contribution in [0.25, 0.3) is 0 Å². The Morgan fingerprint density at radius 3 is 2.29 bits per heavy atom. The summed E-state index contributed by atoms with van der Waals surface area (Å²) in [4.78, 5) is 12.7. The third-order valence-electron chi connectivity index (χ3n) is 12.6. The highest BCUT2D eigenvalue weighted by Gasteiger charge is 2.67. The van der Waals surface area contributed by atoms with Gasteiger partial charge in [-0.25, -0.2) is 0 Å². The quantitative estimate of drug-likeness (QED) is 0.454. The van der Waals surface area contributed by atoms with E-state index in [1.807, 2.05) is 0 Å². The minimum absolute atomic E-state index is 0.0204. The largest absolute Gasteiger partial charge is 0.481 e. The highest BCUT2D eigenvalue weighted by molar-refractivity contribution is 5.80. The number of hydrogen-bond donors (Lipinski definition) is 3. The van der Waals surface area contributed by atoms with Crippen LogP contribution in [0.15, 0.2) is 23.3 Å². The van der Waals surface area contributed by atoms with Crippen molar-refractivity contribution in [2.24, 2.45) is 44.3 Å². The molecule has 4 nitrogen and oxygen atoms in total. The van der Waals surface area contributed by atoms with Gasteiger partial charge >= 0.3 is 5.97 Å². The van der Waals surface area contributed by atoms with Gasteiger partial charge in [-0.2, -0.15) is 0 Å². The summed E-state index contributed by atoms with van der Waals surface area (Å²) in [6.07, 6.45) is 12.4. The molecule has 3 saturated carbocycles. The van der Waals surface area contributed by atoms with E-state index in [9.17, 15) is 20.1 Å². The molecule has 0 unspecified atom stereocenters. The topological polar surface area (TPSA) is 77.8 Å². The molecule has 0 aromatic carbocycles. The van der Waals surface area contributed by atoms with Gasteiger partial charge in [-0.05, 0) is 102 Å². The summed E-state index contributed by atoms with van der Waals surface area (Å²) in [5.41, 5.74) is 1.55. The summed E-state index contributed by atoms with van der Waals surface area (Å²) in [6.45, 7) is 14.0. The monoisotopic (exact) mass is 470 g/mol. The zero-order chi connectivity index (χ0) is 24.9. The van der Waals surface area contributed by atoms with Crippen molar-refractivity contribution in [2.45, 2.75) is 105 Å². The number of aliphatic hydroxyl groups excluding tert-OH is 2. The van der Waals surface area contributed by atoms with Crippen molar-refractivity contribution in [1.29, 1.82) is 0 Å².